The second-order valence-electron chi connectivity index (χ2n) is 3.47. The number of nitrogens with one attached hydrogen (secondary N) is 1. The summed E-state index contributed by atoms with van der Waals surface area (Å²) in [5.74, 6) is 1.19. The van der Waals surface area contributed by atoms with Crippen LogP contribution in [0.1, 0.15) is 13.8 Å². The van der Waals surface area contributed by atoms with Crippen molar-refractivity contribution in [3.8, 4) is 5.88 Å². The van der Waals surface area contributed by atoms with Gasteiger partial charge >= 0.3 is 0 Å². The van der Waals surface area contributed by atoms with Gasteiger partial charge in [-0.1, -0.05) is 0 Å². The molecule has 5 heteroatoms. The summed E-state index contributed by atoms with van der Waals surface area (Å²) in [5.41, 5.74) is 11.6. The van der Waals surface area contributed by atoms with Crippen LogP contribution in [0, 0.1) is 0 Å². The number of ether oxygens (including phenoxy) is 1. The zero-order valence-electron chi connectivity index (χ0n) is 9.16. The molecular formula is C10H18N4O. The first kappa shape index (κ1) is 11.6. The van der Waals surface area contributed by atoms with E-state index in [9.17, 15) is 0 Å². The molecule has 0 amide bonds. The molecule has 0 aliphatic rings. The lowest BCUT2D eigenvalue weighted by molar-refractivity contribution is 0.234. The van der Waals surface area contributed by atoms with Crippen LogP contribution in [0.4, 0.5) is 11.5 Å². The lowest BCUT2D eigenvalue weighted by atomic mass is 10.4. The fourth-order valence-electron chi connectivity index (χ4n) is 1.07. The van der Waals surface area contributed by atoms with E-state index in [4.69, 9.17) is 16.2 Å². The van der Waals surface area contributed by atoms with Crippen molar-refractivity contribution >= 4 is 11.5 Å². The highest BCUT2D eigenvalue weighted by molar-refractivity contribution is 5.53. The molecule has 5 nitrogen and oxygen atoms in total. The van der Waals surface area contributed by atoms with E-state index in [2.05, 4.69) is 10.3 Å². The maximum Gasteiger partial charge on any atom is 0.239 e. The zero-order valence-corrected chi connectivity index (χ0v) is 9.16. The molecule has 0 aromatic carbocycles. The molecule has 1 aromatic heterocycles. The second-order valence-corrected chi connectivity index (χ2v) is 3.47. The summed E-state index contributed by atoms with van der Waals surface area (Å²) in [6.45, 7) is 5.10. The summed E-state index contributed by atoms with van der Waals surface area (Å²) >= 11 is 0. The molecule has 1 rings (SSSR count). The molecule has 0 radical (unpaired) electrons. The van der Waals surface area contributed by atoms with Crippen LogP contribution in [-0.4, -0.2) is 24.2 Å². The normalized spacial score (nSPS) is 10.4. The molecule has 0 unspecified atom stereocenters. The highest BCUT2D eigenvalue weighted by Crippen LogP contribution is 2.21. The third-order valence-corrected chi connectivity index (χ3v) is 1.69. The molecule has 0 bridgehead atoms. The molecular weight excluding hydrogens is 192 g/mol. The Labute approximate surface area is 89.8 Å². The quantitative estimate of drug-likeness (QED) is 0.670. The lowest BCUT2D eigenvalue weighted by Gasteiger charge is -2.12. The molecule has 0 aliphatic carbocycles. The molecule has 1 aromatic rings. The third kappa shape index (κ3) is 3.63. The van der Waals surface area contributed by atoms with Crippen LogP contribution >= 0.6 is 0 Å². The number of nitrogens with zero attached hydrogens (tertiary/aromatic N) is 1. The Morgan fingerprint density at radius 1 is 1.47 bits per heavy atom. The summed E-state index contributed by atoms with van der Waals surface area (Å²) in [6.07, 6.45) is 0.0598. The molecule has 0 fully saturated rings. The number of hydrogen-bond acceptors (Lipinski definition) is 5. The van der Waals surface area contributed by atoms with E-state index in [-0.39, 0.29) is 6.10 Å². The Morgan fingerprint density at radius 2 is 2.20 bits per heavy atom. The fraction of sp³-hybridized carbons (Fsp3) is 0.500. The molecule has 15 heavy (non-hydrogen) atoms. The van der Waals surface area contributed by atoms with Crippen LogP contribution in [0.2, 0.25) is 0 Å². The van der Waals surface area contributed by atoms with Crippen LogP contribution in [0.15, 0.2) is 12.1 Å². The van der Waals surface area contributed by atoms with Crippen molar-refractivity contribution in [3.05, 3.63) is 12.1 Å². The van der Waals surface area contributed by atoms with Crippen molar-refractivity contribution < 1.29 is 4.74 Å². The first-order valence-corrected chi connectivity index (χ1v) is 5.00. The minimum atomic E-state index is 0.0598. The minimum absolute atomic E-state index is 0.0598. The van der Waals surface area contributed by atoms with Crippen molar-refractivity contribution in [2.24, 2.45) is 5.73 Å². The van der Waals surface area contributed by atoms with Gasteiger partial charge in [0.25, 0.3) is 0 Å². The Bertz CT molecular complexity index is 314. The van der Waals surface area contributed by atoms with Crippen LogP contribution < -0.4 is 21.5 Å². The topological polar surface area (TPSA) is 86.2 Å². The van der Waals surface area contributed by atoms with Crippen molar-refractivity contribution in [2.45, 2.75) is 20.0 Å². The number of aromatic nitrogens is 1. The first-order valence-electron chi connectivity index (χ1n) is 5.00. The summed E-state index contributed by atoms with van der Waals surface area (Å²) in [4.78, 5) is 4.24. The van der Waals surface area contributed by atoms with Crippen molar-refractivity contribution in [1.29, 1.82) is 0 Å². The number of anilines is 2. The molecule has 5 N–H and O–H groups in total. The van der Waals surface area contributed by atoms with Crippen LogP contribution in [0.5, 0.6) is 5.88 Å². The summed E-state index contributed by atoms with van der Waals surface area (Å²) in [6, 6.07) is 3.57. The summed E-state index contributed by atoms with van der Waals surface area (Å²) in [5, 5.41) is 3.06. The minimum Gasteiger partial charge on any atom is -0.473 e. The highest BCUT2D eigenvalue weighted by atomic mass is 16.5. The molecule has 0 aliphatic heterocycles. The predicted octanol–water partition coefficient (Wildman–Crippen LogP) is 0.822. The van der Waals surface area contributed by atoms with Gasteiger partial charge in [-0.2, -0.15) is 4.98 Å². The van der Waals surface area contributed by atoms with Gasteiger partial charge in [0.1, 0.15) is 5.82 Å². The Kier molecular flexibility index (Phi) is 4.17. The smallest absolute Gasteiger partial charge is 0.239 e. The average molecular weight is 210 g/mol. The molecule has 0 saturated carbocycles. The number of nitrogen functional groups attached to an aromatic ring is 1. The van der Waals surface area contributed by atoms with Gasteiger partial charge in [0, 0.05) is 13.1 Å². The molecule has 84 valence electrons. The van der Waals surface area contributed by atoms with Crippen molar-refractivity contribution in [2.75, 3.05) is 24.1 Å². The molecule has 0 saturated heterocycles. The maximum atomic E-state index is 5.73. The number of nitrogens with two attached hydrogens (primary N) is 2. The van der Waals surface area contributed by atoms with Gasteiger partial charge in [-0.3, -0.25) is 0 Å². The summed E-state index contributed by atoms with van der Waals surface area (Å²) < 4.78 is 5.46. The zero-order chi connectivity index (χ0) is 11.3. The monoisotopic (exact) mass is 210 g/mol. The number of rotatable bonds is 5. The third-order valence-electron chi connectivity index (χ3n) is 1.69. The van der Waals surface area contributed by atoms with E-state index in [1.807, 2.05) is 13.8 Å². The Balaban J connectivity index is 2.75. The predicted molar refractivity (Wildman–Crippen MR) is 62.0 cm³/mol. The van der Waals surface area contributed by atoms with Gasteiger partial charge < -0.3 is 21.5 Å². The van der Waals surface area contributed by atoms with Gasteiger partial charge in [-0.25, -0.2) is 0 Å². The Hall–Kier alpha value is -1.49. The van der Waals surface area contributed by atoms with Gasteiger partial charge in [0.05, 0.1) is 11.8 Å². The van der Waals surface area contributed by atoms with E-state index >= 15 is 0 Å². The Morgan fingerprint density at radius 3 is 2.80 bits per heavy atom. The maximum absolute atomic E-state index is 5.73. The molecule has 1 heterocycles. The number of hydrogen-bond donors (Lipinski definition) is 3. The van der Waals surface area contributed by atoms with E-state index in [0.29, 0.717) is 24.7 Å². The fourth-order valence-corrected chi connectivity index (χ4v) is 1.07. The van der Waals surface area contributed by atoms with Crippen LogP contribution in [0.3, 0.4) is 0 Å². The van der Waals surface area contributed by atoms with Gasteiger partial charge in [-0.15, -0.1) is 0 Å². The SMILES string of the molecule is CC(C)Oc1nc(NCCN)ccc1N. The van der Waals surface area contributed by atoms with E-state index in [1.54, 1.807) is 12.1 Å². The number of pyridine rings is 1. The van der Waals surface area contributed by atoms with Crippen LogP contribution in [0.25, 0.3) is 0 Å². The first-order chi connectivity index (χ1) is 7.13. The average Bonchev–Trinajstić information content (AvgIpc) is 2.18. The second kappa shape index (κ2) is 5.41. The molecule has 0 atom stereocenters. The van der Waals surface area contributed by atoms with Crippen molar-refractivity contribution in [3.63, 3.8) is 0 Å². The standard InChI is InChI=1S/C10H18N4O/c1-7(2)15-10-8(12)3-4-9(14-10)13-6-5-11/h3-4,7H,5-6,11-12H2,1-2H3,(H,13,14). The molecule has 0 spiro atoms. The largest absolute Gasteiger partial charge is 0.473 e. The lowest BCUT2D eigenvalue weighted by Crippen LogP contribution is -2.15. The van der Waals surface area contributed by atoms with Crippen molar-refractivity contribution in [1.82, 2.24) is 4.98 Å². The van der Waals surface area contributed by atoms with E-state index in [0.717, 1.165) is 5.82 Å². The summed E-state index contributed by atoms with van der Waals surface area (Å²) in [7, 11) is 0. The van der Waals surface area contributed by atoms with Gasteiger partial charge in [0.2, 0.25) is 5.88 Å². The van der Waals surface area contributed by atoms with E-state index in [1.165, 1.54) is 0 Å². The van der Waals surface area contributed by atoms with Gasteiger partial charge in [-0.05, 0) is 26.0 Å². The highest BCUT2D eigenvalue weighted by Gasteiger charge is 2.05. The van der Waals surface area contributed by atoms with Gasteiger partial charge in [0.15, 0.2) is 0 Å². The van der Waals surface area contributed by atoms with E-state index < -0.39 is 0 Å². The van der Waals surface area contributed by atoms with Crippen LogP contribution in [-0.2, 0) is 0 Å².